The molecule has 0 atom stereocenters. The van der Waals surface area contributed by atoms with Crippen LogP contribution in [0.1, 0.15) is 27.3 Å². The zero-order valence-electron chi connectivity index (χ0n) is 15.9. The van der Waals surface area contributed by atoms with Gasteiger partial charge in [0, 0.05) is 29.4 Å². The van der Waals surface area contributed by atoms with Gasteiger partial charge in [-0.1, -0.05) is 18.2 Å². The van der Waals surface area contributed by atoms with Crippen molar-refractivity contribution in [1.82, 2.24) is 15.1 Å². The first-order valence-electron chi connectivity index (χ1n) is 8.65. The number of carbonyl (C=O) groups excluding carboxylic acids is 1. The number of methoxy groups -OCH3 is 2. The van der Waals surface area contributed by atoms with Crippen LogP contribution >= 0.6 is 0 Å². The second-order valence-corrected chi connectivity index (χ2v) is 6.18. The number of ether oxygens (including phenoxy) is 2. The van der Waals surface area contributed by atoms with E-state index in [4.69, 9.17) is 9.47 Å². The molecule has 0 bridgehead atoms. The average Bonchev–Trinajstić information content (AvgIpc) is 2.99. The van der Waals surface area contributed by atoms with Gasteiger partial charge >= 0.3 is 0 Å². The molecule has 0 unspecified atom stereocenters. The Hall–Kier alpha value is -3.28. The molecule has 0 aliphatic rings. The monoisotopic (exact) mass is 365 g/mol. The lowest BCUT2D eigenvalue weighted by Gasteiger charge is -2.10. The number of rotatable bonds is 6. The van der Waals surface area contributed by atoms with E-state index in [-0.39, 0.29) is 5.91 Å². The fourth-order valence-corrected chi connectivity index (χ4v) is 2.96. The number of hydrogen-bond acceptors (Lipinski definition) is 4. The lowest BCUT2D eigenvalue weighted by molar-refractivity contribution is 0.0950. The molecular weight excluding hydrogens is 342 g/mol. The molecule has 2 aromatic carbocycles. The Balaban J connectivity index is 1.79. The number of aromatic nitrogens is 2. The number of para-hydroxylation sites is 1. The third-order valence-electron chi connectivity index (χ3n) is 4.48. The van der Waals surface area contributed by atoms with Gasteiger partial charge in [0.15, 0.2) is 0 Å². The number of nitrogens with zero attached hydrogens (tertiary/aromatic N) is 2. The summed E-state index contributed by atoms with van der Waals surface area (Å²) in [6, 6.07) is 15.0. The molecule has 0 spiro atoms. The van der Waals surface area contributed by atoms with Gasteiger partial charge in [0.05, 0.1) is 25.6 Å². The van der Waals surface area contributed by atoms with E-state index in [0.29, 0.717) is 23.6 Å². The van der Waals surface area contributed by atoms with E-state index in [1.54, 1.807) is 32.4 Å². The summed E-state index contributed by atoms with van der Waals surface area (Å²) in [5.74, 6) is 0.950. The van der Waals surface area contributed by atoms with E-state index in [0.717, 1.165) is 22.6 Å². The Kier molecular flexibility index (Phi) is 5.45. The van der Waals surface area contributed by atoms with Crippen LogP contribution in [0.15, 0.2) is 48.5 Å². The lowest BCUT2D eigenvalue weighted by Crippen LogP contribution is -2.23. The lowest BCUT2D eigenvalue weighted by atomic mass is 10.1. The van der Waals surface area contributed by atoms with Crippen LogP contribution in [0.2, 0.25) is 0 Å². The van der Waals surface area contributed by atoms with Crippen LogP contribution in [0.25, 0.3) is 5.69 Å². The van der Waals surface area contributed by atoms with Gasteiger partial charge in [0.2, 0.25) is 0 Å². The van der Waals surface area contributed by atoms with E-state index < -0.39 is 0 Å². The van der Waals surface area contributed by atoms with Crippen LogP contribution < -0.4 is 14.8 Å². The summed E-state index contributed by atoms with van der Waals surface area (Å²) < 4.78 is 12.3. The molecule has 0 fully saturated rings. The number of carbonyl (C=O) groups is 1. The van der Waals surface area contributed by atoms with E-state index in [1.807, 2.05) is 48.9 Å². The molecule has 1 amide bonds. The first-order valence-corrected chi connectivity index (χ1v) is 8.65. The van der Waals surface area contributed by atoms with Crippen LogP contribution in [-0.4, -0.2) is 29.9 Å². The topological polar surface area (TPSA) is 65.4 Å². The number of aryl methyl sites for hydroxylation is 1. The minimum atomic E-state index is -0.196. The van der Waals surface area contributed by atoms with Crippen molar-refractivity contribution in [2.75, 3.05) is 14.2 Å². The largest absolute Gasteiger partial charge is 0.497 e. The maximum Gasteiger partial charge on any atom is 0.251 e. The molecule has 1 heterocycles. The van der Waals surface area contributed by atoms with Crippen molar-refractivity contribution in [3.05, 3.63) is 71.0 Å². The van der Waals surface area contributed by atoms with Crippen LogP contribution in [0.4, 0.5) is 0 Å². The molecule has 0 saturated heterocycles. The van der Waals surface area contributed by atoms with Crippen LogP contribution in [0.3, 0.4) is 0 Å². The fourth-order valence-electron chi connectivity index (χ4n) is 2.96. The van der Waals surface area contributed by atoms with Crippen LogP contribution in [0.5, 0.6) is 11.5 Å². The van der Waals surface area contributed by atoms with E-state index in [9.17, 15) is 4.79 Å². The summed E-state index contributed by atoms with van der Waals surface area (Å²) in [5, 5.41) is 7.57. The summed E-state index contributed by atoms with van der Waals surface area (Å²) in [6.07, 6.45) is 0. The number of benzene rings is 2. The molecule has 140 valence electrons. The van der Waals surface area contributed by atoms with Crippen molar-refractivity contribution in [2.45, 2.75) is 20.4 Å². The molecular formula is C21H23N3O3. The highest BCUT2D eigenvalue weighted by molar-refractivity contribution is 5.95. The van der Waals surface area contributed by atoms with E-state index >= 15 is 0 Å². The second kappa shape index (κ2) is 7.95. The smallest absolute Gasteiger partial charge is 0.251 e. The molecule has 3 rings (SSSR count). The van der Waals surface area contributed by atoms with Gasteiger partial charge in [0.1, 0.15) is 11.5 Å². The summed E-state index contributed by atoms with van der Waals surface area (Å²) in [6.45, 7) is 4.34. The van der Waals surface area contributed by atoms with Gasteiger partial charge < -0.3 is 14.8 Å². The minimum Gasteiger partial charge on any atom is -0.497 e. The standard InChI is InChI=1S/C21H23N3O3/c1-14-20(15(2)24(23-14)17-8-6-5-7-9-17)13-22-21(25)16-10-18(26-3)12-19(11-16)27-4/h5-12H,13H2,1-4H3,(H,22,25). The molecule has 0 saturated carbocycles. The Morgan fingerprint density at radius 3 is 2.26 bits per heavy atom. The zero-order valence-corrected chi connectivity index (χ0v) is 15.9. The third kappa shape index (κ3) is 3.95. The predicted molar refractivity (Wildman–Crippen MR) is 104 cm³/mol. The number of amides is 1. The third-order valence-corrected chi connectivity index (χ3v) is 4.48. The van der Waals surface area contributed by atoms with Gasteiger partial charge in [-0.2, -0.15) is 5.10 Å². The highest BCUT2D eigenvalue weighted by Gasteiger charge is 2.15. The highest BCUT2D eigenvalue weighted by Crippen LogP contribution is 2.23. The molecule has 0 aliphatic heterocycles. The zero-order chi connectivity index (χ0) is 19.4. The minimum absolute atomic E-state index is 0.196. The maximum atomic E-state index is 12.6. The predicted octanol–water partition coefficient (Wildman–Crippen LogP) is 3.44. The Morgan fingerprint density at radius 2 is 1.67 bits per heavy atom. The molecule has 0 aliphatic carbocycles. The van der Waals surface area contributed by atoms with Crippen molar-refractivity contribution in [1.29, 1.82) is 0 Å². The number of nitrogens with one attached hydrogen (secondary N) is 1. The van der Waals surface area contributed by atoms with Crippen LogP contribution in [-0.2, 0) is 6.54 Å². The van der Waals surface area contributed by atoms with Gasteiger partial charge in [-0.05, 0) is 38.1 Å². The highest BCUT2D eigenvalue weighted by atomic mass is 16.5. The summed E-state index contributed by atoms with van der Waals surface area (Å²) in [5.41, 5.74) is 4.37. The van der Waals surface area contributed by atoms with E-state index in [1.165, 1.54) is 0 Å². The quantitative estimate of drug-likeness (QED) is 0.727. The van der Waals surface area contributed by atoms with Gasteiger partial charge in [-0.3, -0.25) is 4.79 Å². The van der Waals surface area contributed by atoms with Crippen molar-refractivity contribution in [3.63, 3.8) is 0 Å². The Morgan fingerprint density at radius 1 is 1.04 bits per heavy atom. The van der Waals surface area contributed by atoms with Gasteiger partial charge in [-0.15, -0.1) is 0 Å². The molecule has 6 nitrogen and oxygen atoms in total. The SMILES string of the molecule is COc1cc(OC)cc(C(=O)NCc2c(C)nn(-c3ccccc3)c2C)c1. The Bertz CT molecular complexity index is 927. The first-order chi connectivity index (χ1) is 13.0. The fraction of sp³-hybridized carbons (Fsp3) is 0.238. The molecule has 6 heteroatoms. The van der Waals surface area contributed by atoms with Crippen molar-refractivity contribution < 1.29 is 14.3 Å². The normalized spacial score (nSPS) is 10.5. The summed E-state index contributed by atoms with van der Waals surface area (Å²) >= 11 is 0. The van der Waals surface area contributed by atoms with Crippen molar-refractivity contribution in [2.24, 2.45) is 0 Å². The van der Waals surface area contributed by atoms with Crippen molar-refractivity contribution >= 4 is 5.91 Å². The molecule has 3 aromatic rings. The van der Waals surface area contributed by atoms with Crippen molar-refractivity contribution in [3.8, 4) is 17.2 Å². The molecule has 0 radical (unpaired) electrons. The summed E-state index contributed by atoms with van der Waals surface area (Å²) in [4.78, 5) is 12.6. The Labute approximate surface area is 158 Å². The van der Waals surface area contributed by atoms with Gasteiger partial charge in [-0.25, -0.2) is 4.68 Å². The maximum absolute atomic E-state index is 12.6. The first kappa shape index (κ1) is 18.5. The van der Waals surface area contributed by atoms with Crippen LogP contribution in [0, 0.1) is 13.8 Å². The van der Waals surface area contributed by atoms with E-state index in [2.05, 4.69) is 10.4 Å². The van der Waals surface area contributed by atoms with Gasteiger partial charge in [0.25, 0.3) is 5.91 Å². The summed E-state index contributed by atoms with van der Waals surface area (Å²) in [7, 11) is 3.11. The molecule has 27 heavy (non-hydrogen) atoms. The number of hydrogen-bond donors (Lipinski definition) is 1. The molecule has 1 N–H and O–H groups in total. The second-order valence-electron chi connectivity index (χ2n) is 6.18. The molecule has 1 aromatic heterocycles. The average molecular weight is 365 g/mol.